The van der Waals surface area contributed by atoms with Crippen LogP contribution in [0, 0.1) is 5.41 Å². The Labute approximate surface area is 164 Å². The third-order valence-corrected chi connectivity index (χ3v) is 6.30. The number of allylic oxidation sites excluding steroid dienone is 1. The smallest absolute Gasteiger partial charge is 0.187 e. The lowest BCUT2D eigenvalue weighted by Crippen LogP contribution is -2.70. The summed E-state index contributed by atoms with van der Waals surface area (Å²) in [6.45, 7) is 5.54. The molecule has 1 aliphatic heterocycles. The minimum atomic E-state index is -1.83. The molecule has 0 amide bonds. The largest absolute Gasteiger partial charge is 0.394 e. The first-order valence-corrected chi connectivity index (χ1v) is 9.39. The zero-order chi connectivity index (χ0) is 21.5. The van der Waals surface area contributed by atoms with Crippen molar-refractivity contribution in [1.29, 1.82) is 0 Å². The van der Waals surface area contributed by atoms with E-state index in [2.05, 4.69) is 0 Å². The molecule has 0 bridgehead atoms. The van der Waals surface area contributed by atoms with Gasteiger partial charge in [0.1, 0.15) is 35.6 Å². The Balaban J connectivity index is 2.41. The molecule has 0 aromatic rings. The summed E-state index contributed by atoms with van der Waals surface area (Å²) >= 11 is 0. The molecule has 1 aliphatic carbocycles. The highest BCUT2D eigenvalue weighted by molar-refractivity contribution is 5.87. The van der Waals surface area contributed by atoms with Crippen molar-refractivity contribution >= 4 is 5.78 Å². The molecule has 1 heterocycles. The van der Waals surface area contributed by atoms with Crippen LogP contribution in [0.15, 0.2) is 12.2 Å². The second-order valence-corrected chi connectivity index (χ2v) is 8.53. The molecule has 1 saturated heterocycles. The molecule has 8 atom stereocenters. The highest BCUT2D eigenvalue weighted by Crippen LogP contribution is 2.52. The van der Waals surface area contributed by atoms with Gasteiger partial charge in [0.25, 0.3) is 0 Å². The van der Waals surface area contributed by atoms with Crippen molar-refractivity contribution in [2.45, 2.75) is 88.5 Å². The number of aliphatic hydroxyl groups excluding tert-OH is 5. The standard InChI is InChI=1S/C19H32O9/c1-10(21)5-8-19(26)17(2,3)12(22)6-7-18(19,4)28-16-15(25)14(24)13(23)11(9-20)27-16/h5,8,11-16,20,22-26H,6-7,9H2,1-4H3/b8-5+/t11-,12-,13-,14+,15-,16+,18-,19-/m1/s1. The van der Waals surface area contributed by atoms with Gasteiger partial charge < -0.3 is 40.1 Å². The summed E-state index contributed by atoms with van der Waals surface area (Å²) in [6, 6.07) is 0. The van der Waals surface area contributed by atoms with Gasteiger partial charge in [-0.1, -0.05) is 13.8 Å². The van der Waals surface area contributed by atoms with Crippen LogP contribution < -0.4 is 0 Å². The fraction of sp³-hybridized carbons (Fsp3) is 0.842. The van der Waals surface area contributed by atoms with Crippen molar-refractivity contribution in [3.8, 4) is 0 Å². The number of ketones is 1. The first-order chi connectivity index (χ1) is 12.8. The molecule has 28 heavy (non-hydrogen) atoms. The molecule has 1 saturated carbocycles. The van der Waals surface area contributed by atoms with Crippen molar-refractivity contribution in [3.05, 3.63) is 12.2 Å². The van der Waals surface area contributed by atoms with E-state index in [0.717, 1.165) is 0 Å². The minimum absolute atomic E-state index is 0.158. The zero-order valence-corrected chi connectivity index (χ0v) is 16.6. The SMILES string of the molecule is CC(=O)/C=C/[C@@]1(O)C(C)(C)[C@H](O)CC[C@@]1(C)O[C@@H]1O[C@H](CO)[C@@H](O)[C@H](O)[C@H]1O. The van der Waals surface area contributed by atoms with Gasteiger partial charge in [-0.15, -0.1) is 0 Å². The lowest BCUT2D eigenvalue weighted by Gasteiger charge is -2.58. The monoisotopic (exact) mass is 404 g/mol. The van der Waals surface area contributed by atoms with E-state index < -0.39 is 60.0 Å². The summed E-state index contributed by atoms with van der Waals surface area (Å²) in [5, 5.41) is 61.6. The Morgan fingerprint density at radius 2 is 1.75 bits per heavy atom. The van der Waals surface area contributed by atoms with Crippen LogP contribution in [-0.4, -0.2) is 91.0 Å². The van der Waals surface area contributed by atoms with Crippen molar-refractivity contribution in [2.75, 3.05) is 6.61 Å². The van der Waals surface area contributed by atoms with Gasteiger partial charge in [0.05, 0.1) is 12.7 Å². The molecule has 2 aliphatic rings. The fourth-order valence-electron chi connectivity index (χ4n) is 4.10. The van der Waals surface area contributed by atoms with Crippen molar-refractivity contribution in [1.82, 2.24) is 0 Å². The number of hydrogen-bond donors (Lipinski definition) is 6. The van der Waals surface area contributed by atoms with Crippen LogP contribution in [0.2, 0.25) is 0 Å². The van der Waals surface area contributed by atoms with Crippen LogP contribution in [0.25, 0.3) is 0 Å². The summed E-state index contributed by atoms with van der Waals surface area (Å²) in [6.07, 6.45) is -5.39. The van der Waals surface area contributed by atoms with Gasteiger partial charge in [-0.05, 0) is 38.8 Å². The summed E-state index contributed by atoms with van der Waals surface area (Å²) in [5.74, 6) is -0.306. The second kappa shape index (κ2) is 8.08. The van der Waals surface area contributed by atoms with Crippen molar-refractivity contribution < 1.29 is 44.9 Å². The number of ether oxygens (including phenoxy) is 2. The van der Waals surface area contributed by atoms with E-state index in [9.17, 15) is 35.4 Å². The summed E-state index contributed by atoms with van der Waals surface area (Å²) in [7, 11) is 0. The van der Waals surface area contributed by atoms with Gasteiger partial charge in [0, 0.05) is 5.41 Å². The Kier molecular flexibility index (Phi) is 6.74. The average molecular weight is 404 g/mol. The highest BCUT2D eigenvalue weighted by atomic mass is 16.7. The number of carbonyl (C=O) groups excluding carboxylic acids is 1. The van der Waals surface area contributed by atoms with Crippen LogP contribution in [0.5, 0.6) is 0 Å². The van der Waals surface area contributed by atoms with Crippen molar-refractivity contribution in [2.24, 2.45) is 5.41 Å². The molecule has 0 unspecified atom stereocenters. The van der Waals surface area contributed by atoms with E-state index in [4.69, 9.17) is 9.47 Å². The van der Waals surface area contributed by atoms with Gasteiger partial charge in [-0.25, -0.2) is 0 Å². The molecule has 0 aromatic heterocycles. The maximum Gasteiger partial charge on any atom is 0.187 e. The van der Waals surface area contributed by atoms with Gasteiger partial charge >= 0.3 is 0 Å². The third kappa shape index (κ3) is 3.78. The Bertz CT molecular complexity index is 604. The van der Waals surface area contributed by atoms with Crippen molar-refractivity contribution in [3.63, 3.8) is 0 Å². The highest BCUT2D eigenvalue weighted by Gasteiger charge is 2.63. The minimum Gasteiger partial charge on any atom is -0.394 e. The number of hydrogen-bond acceptors (Lipinski definition) is 9. The van der Waals surface area contributed by atoms with E-state index in [-0.39, 0.29) is 18.6 Å². The molecule has 0 radical (unpaired) electrons. The molecule has 2 rings (SSSR count). The molecule has 2 fully saturated rings. The van der Waals surface area contributed by atoms with E-state index in [1.54, 1.807) is 20.8 Å². The predicted octanol–water partition coefficient (Wildman–Crippen LogP) is -1.38. The molecule has 9 nitrogen and oxygen atoms in total. The lowest BCUT2D eigenvalue weighted by molar-refractivity contribution is -0.357. The molecule has 6 N–H and O–H groups in total. The number of rotatable bonds is 5. The number of aliphatic hydroxyl groups is 6. The maximum absolute atomic E-state index is 11.6. The normalized spacial score (nSPS) is 46.6. The Morgan fingerprint density at radius 3 is 2.29 bits per heavy atom. The molecular weight excluding hydrogens is 372 g/mol. The molecular formula is C19H32O9. The van der Waals surface area contributed by atoms with E-state index in [1.165, 1.54) is 19.1 Å². The Hall–Kier alpha value is -0.910. The van der Waals surface area contributed by atoms with Gasteiger partial charge in [-0.3, -0.25) is 4.79 Å². The molecule has 162 valence electrons. The van der Waals surface area contributed by atoms with Crippen LogP contribution in [-0.2, 0) is 14.3 Å². The third-order valence-electron chi connectivity index (χ3n) is 6.30. The second-order valence-electron chi connectivity index (χ2n) is 8.53. The van der Waals surface area contributed by atoms with Crippen LogP contribution in [0.4, 0.5) is 0 Å². The summed E-state index contributed by atoms with van der Waals surface area (Å²) < 4.78 is 11.4. The Morgan fingerprint density at radius 1 is 1.14 bits per heavy atom. The van der Waals surface area contributed by atoms with E-state index >= 15 is 0 Å². The average Bonchev–Trinajstić information content (AvgIpc) is 2.63. The predicted molar refractivity (Wildman–Crippen MR) is 97.0 cm³/mol. The fourth-order valence-corrected chi connectivity index (χ4v) is 4.10. The van der Waals surface area contributed by atoms with Gasteiger partial charge in [-0.2, -0.15) is 0 Å². The van der Waals surface area contributed by atoms with E-state index in [0.29, 0.717) is 0 Å². The summed E-state index contributed by atoms with van der Waals surface area (Å²) in [4.78, 5) is 11.5. The zero-order valence-electron chi connectivity index (χ0n) is 16.6. The maximum atomic E-state index is 11.6. The number of carbonyl (C=O) groups is 1. The topological polar surface area (TPSA) is 157 Å². The van der Waals surface area contributed by atoms with Crippen LogP contribution >= 0.6 is 0 Å². The van der Waals surface area contributed by atoms with Gasteiger partial charge in [0.15, 0.2) is 12.1 Å². The van der Waals surface area contributed by atoms with E-state index in [1.807, 2.05) is 0 Å². The molecule has 0 aromatic carbocycles. The van der Waals surface area contributed by atoms with Crippen LogP contribution in [0.1, 0.15) is 40.5 Å². The van der Waals surface area contributed by atoms with Crippen LogP contribution in [0.3, 0.4) is 0 Å². The molecule has 0 spiro atoms. The lowest BCUT2D eigenvalue weighted by atomic mass is 9.56. The molecule has 9 heteroatoms. The first kappa shape index (κ1) is 23.4. The van der Waals surface area contributed by atoms with Gasteiger partial charge in [0.2, 0.25) is 0 Å². The summed E-state index contributed by atoms with van der Waals surface area (Å²) in [5.41, 5.74) is -4.38. The quantitative estimate of drug-likeness (QED) is 0.304. The first-order valence-electron chi connectivity index (χ1n) is 9.39.